The fourth-order valence-corrected chi connectivity index (χ4v) is 5.87. The summed E-state index contributed by atoms with van der Waals surface area (Å²) in [5, 5.41) is 4.13. The number of aryl methyl sites for hydroxylation is 1. The molecule has 0 spiro atoms. The van der Waals surface area contributed by atoms with Crippen LogP contribution in [0.2, 0.25) is 0 Å². The highest BCUT2D eigenvalue weighted by atomic mass is 32.2. The Morgan fingerprint density at radius 3 is 2.21 bits per heavy atom. The second kappa shape index (κ2) is 12.7. The van der Waals surface area contributed by atoms with Crippen LogP contribution in [0.15, 0.2) is 95.0 Å². The summed E-state index contributed by atoms with van der Waals surface area (Å²) in [4.78, 5) is 41.5. The number of anilines is 4. The van der Waals surface area contributed by atoms with Crippen LogP contribution in [0.5, 0.6) is 0 Å². The van der Waals surface area contributed by atoms with Crippen molar-refractivity contribution in [3.63, 3.8) is 0 Å². The highest BCUT2D eigenvalue weighted by Crippen LogP contribution is 2.31. The molecule has 2 aliphatic rings. The zero-order valence-electron chi connectivity index (χ0n) is 23.4. The smallest absolute Gasteiger partial charge is 0.247 e. The van der Waals surface area contributed by atoms with E-state index in [2.05, 4.69) is 27.3 Å². The molecule has 0 unspecified atom stereocenters. The van der Waals surface area contributed by atoms with E-state index in [4.69, 9.17) is 9.72 Å². The number of morpholine rings is 1. The first kappa shape index (κ1) is 27.9. The fourth-order valence-electron chi connectivity index (χ4n) is 5.03. The lowest BCUT2D eigenvalue weighted by Gasteiger charge is -2.32. The van der Waals surface area contributed by atoms with Crippen molar-refractivity contribution in [1.29, 1.82) is 0 Å². The summed E-state index contributed by atoms with van der Waals surface area (Å²) in [6.45, 7) is 6.24. The minimum absolute atomic E-state index is 0.197. The Hall–Kier alpha value is -4.25. The van der Waals surface area contributed by atoms with Crippen LogP contribution in [0, 0.1) is 6.92 Å². The molecule has 1 N–H and O–H groups in total. The first-order chi connectivity index (χ1) is 20.5. The summed E-state index contributed by atoms with van der Waals surface area (Å²) in [5.74, 6) is 0.0780. The molecule has 3 aromatic carbocycles. The highest BCUT2D eigenvalue weighted by molar-refractivity contribution is 7.99. The number of hydrogen-bond donors (Lipinski definition) is 1. The Morgan fingerprint density at radius 2 is 1.52 bits per heavy atom. The van der Waals surface area contributed by atoms with Gasteiger partial charge in [0.2, 0.25) is 17.8 Å². The van der Waals surface area contributed by atoms with Gasteiger partial charge in [-0.15, -0.1) is 0 Å². The Morgan fingerprint density at radius 1 is 0.857 bits per heavy atom. The van der Waals surface area contributed by atoms with Crippen LogP contribution in [0.3, 0.4) is 0 Å². The monoisotopic (exact) mass is 580 g/mol. The fraction of sp³-hybridized carbons (Fsp3) is 0.250. The topological polar surface area (TPSA) is 90.9 Å². The molecule has 3 heterocycles. The molecule has 0 bridgehead atoms. The molecule has 1 aromatic heterocycles. The number of aromatic nitrogens is 2. The minimum atomic E-state index is -0.220. The molecule has 2 amide bonds. The Labute approximate surface area is 249 Å². The van der Waals surface area contributed by atoms with E-state index in [-0.39, 0.29) is 24.9 Å². The normalized spacial score (nSPS) is 16.1. The number of carbonyl (C=O) groups is 2. The maximum Gasteiger partial charge on any atom is 0.247 e. The Balaban J connectivity index is 1.08. The van der Waals surface area contributed by atoms with E-state index >= 15 is 0 Å². The lowest BCUT2D eigenvalue weighted by atomic mass is 10.2. The first-order valence-corrected chi connectivity index (χ1v) is 14.8. The van der Waals surface area contributed by atoms with E-state index in [1.54, 1.807) is 6.20 Å². The number of benzene rings is 3. The predicted octanol–water partition coefficient (Wildman–Crippen LogP) is 4.89. The van der Waals surface area contributed by atoms with E-state index in [0.717, 1.165) is 53.0 Å². The van der Waals surface area contributed by atoms with Crippen molar-refractivity contribution in [1.82, 2.24) is 14.9 Å². The Kier molecular flexibility index (Phi) is 8.45. The van der Waals surface area contributed by atoms with Gasteiger partial charge in [0, 0.05) is 47.7 Å². The third-order valence-corrected chi connectivity index (χ3v) is 8.31. The number of rotatable bonds is 8. The van der Waals surface area contributed by atoms with Crippen molar-refractivity contribution in [2.24, 2.45) is 0 Å². The molecule has 2 aliphatic heterocycles. The molecule has 0 atom stereocenters. The molecule has 4 aromatic rings. The van der Waals surface area contributed by atoms with E-state index in [1.807, 2.05) is 78.6 Å². The third kappa shape index (κ3) is 6.62. The molecule has 214 valence electrons. The maximum absolute atomic E-state index is 12.9. The van der Waals surface area contributed by atoms with E-state index in [9.17, 15) is 9.59 Å². The summed E-state index contributed by atoms with van der Waals surface area (Å²) >= 11 is 1.51. The van der Waals surface area contributed by atoms with Crippen LogP contribution >= 0.6 is 11.8 Å². The molecule has 0 radical (unpaired) electrons. The van der Waals surface area contributed by atoms with Crippen molar-refractivity contribution < 1.29 is 14.3 Å². The number of carbonyl (C=O) groups excluding carboxylic acids is 2. The van der Waals surface area contributed by atoms with Crippen LogP contribution in [-0.2, 0) is 20.9 Å². The van der Waals surface area contributed by atoms with Gasteiger partial charge in [-0.25, -0.2) is 14.9 Å². The van der Waals surface area contributed by atoms with Gasteiger partial charge in [-0.3, -0.25) is 14.5 Å². The van der Waals surface area contributed by atoms with Crippen molar-refractivity contribution in [2.45, 2.75) is 23.4 Å². The average molecular weight is 581 g/mol. The predicted molar refractivity (Wildman–Crippen MR) is 164 cm³/mol. The molecule has 10 heteroatoms. The molecule has 0 saturated carbocycles. The maximum atomic E-state index is 12.9. The molecule has 6 rings (SSSR count). The number of hydrogen-bond acceptors (Lipinski definition) is 9. The van der Waals surface area contributed by atoms with Gasteiger partial charge in [0.15, 0.2) is 0 Å². The van der Waals surface area contributed by atoms with Crippen molar-refractivity contribution in [3.8, 4) is 0 Å². The molecule has 2 saturated heterocycles. The third-order valence-electron chi connectivity index (χ3n) is 7.20. The van der Waals surface area contributed by atoms with Gasteiger partial charge in [0.1, 0.15) is 5.03 Å². The average Bonchev–Trinajstić information content (AvgIpc) is 3.01. The largest absolute Gasteiger partial charge is 0.378 e. The van der Waals surface area contributed by atoms with Crippen LogP contribution < -0.4 is 15.1 Å². The van der Waals surface area contributed by atoms with Crippen molar-refractivity contribution >= 4 is 46.6 Å². The van der Waals surface area contributed by atoms with Gasteiger partial charge in [0.25, 0.3) is 0 Å². The summed E-state index contributed by atoms with van der Waals surface area (Å²) in [7, 11) is 0. The second-order valence-electron chi connectivity index (χ2n) is 10.3. The number of nitrogens with one attached hydrogen (secondary N) is 1. The number of imide groups is 1. The minimum Gasteiger partial charge on any atom is -0.378 e. The molecule has 42 heavy (non-hydrogen) atoms. The van der Waals surface area contributed by atoms with Crippen LogP contribution in [-0.4, -0.2) is 66.1 Å². The molecular weight excluding hydrogens is 548 g/mol. The van der Waals surface area contributed by atoms with Gasteiger partial charge in [-0.05, 0) is 61.0 Å². The molecular formula is C32H32N6O3S. The molecule has 0 aliphatic carbocycles. The van der Waals surface area contributed by atoms with E-state index in [1.165, 1.54) is 22.3 Å². The quantitative estimate of drug-likeness (QED) is 0.231. The van der Waals surface area contributed by atoms with E-state index in [0.29, 0.717) is 18.2 Å². The van der Waals surface area contributed by atoms with Crippen molar-refractivity contribution in [3.05, 3.63) is 96.2 Å². The van der Waals surface area contributed by atoms with Crippen molar-refractivity contribution in [2.75, 3.05) is 54.5 Å². The lowest BCUT2D eigenvalue weighted by molar-refractivity contribution is -0.132. The number of amides is 2. The van der Waals surface area contributed by atoms with Crippen LogP contribution in [0.4, 0.5) is 23.0 Å². The molecule has 2 fully saturated rings. The second-order valence-corrected chi connectivity index (χ2v) is 11.4. The Bertz CT molecular complexity index is 1530. The lowest BCUT2D eigenvalue weighted by Crippen LogP contribution is -2.53. The highest BCUT2D eigenvalue weighted by Gasteiger charge is 2.32. The SMILES string of the molecule is Cc1cnc(Nc2ccc(N3CCOCC3)cc2)nc1Sc1ccc(N2C(=O)CN(Cc3ccccc3)CC2=O)cc1. The summed E-state index contributed by atoms with van der Waals surface area (Å²) in [6, 6.07) is 25.6. The first-order valence-electron chi connectivity index (χ1n) is 14.0. The summed E-state index contributed by atoms with van der Waals surface area (Å²) in [6.07, 6.45) is 1.81. The van der Waals surface area contributed by atoms with Crippen LogP contribution in [0.25, 0.3) is 0 Å². The van der Waals surface area contributed by atoms with Gasteiger partial charge < -0.3 is 15.0 Å². The number of ether oxygens (including phenoxy) is 1. The standard InChI is InChI=1S/C32H32N6O3S/c1-23-19-33-32(34-25-7-9-26(10-8-25)37-15-17-41-18-16-37)35-31(23)42-28-13-11-27(12-14-28)38-29(39)21-36(22-30(38)40)20-24-5-3-2-4-6-24/h2-14,19H,15-18,20-22H2,1H3,(H,33,34,35). The zero-order chi connectivity index (χ0) is 28.9. The van der Waals surface area contributed by atoms with E-state index < -0.39 is 0 Å². The van der Waals surface area contributed by atoms with Gasteiger partial charge in [-0.2, -0.15) is 0 Å². The summed E-state index contributed by atoms with van der Waals surface area (Å²) < 4.78 is 5.45. The van der Waals surface area contributed by atoms with Gasteiger partial charge in [0.05, 0.1) is 32.0 Å². The van der Waals surface area contributed by atoms with Crippen LogP contribution in [0.1, 0.15) is 11.1 Å². The number of nitrogens with zero attached hydrogens (tertiary/aromatic N) is 5. The molecule has 9 nitrogen and oxygen atoms in total. The summed E-state index contributed by atoms with van der Waals surface area (Å²) in [5.41, 5.74) is 4.70. The zero-order valence-corrected chi connectivity index (χ0v) is 24.2. The van der Waals surface area contributed by atoms with Gasteiger partial charge >= 0.3 is 0 Å². The van der Waals surface area contributed by atoms with Gasteiger partial charge in [-0.1, -0.05) is 42.1 Å². The number of piperazine rings is 1.